The van der Waals surface area contributed by atoms with Crippen molar-refractivity contribution in [1.29, 1.82) is 0 Å². The molecule has 0 aliphatic carbocycles. The molecule has 134 valence electrons. The van der Waals surface area contributed by atoms with E-state index in [1.54, 1.807) is 11.8 Å². The molecule has 1 atom stereocenters. The van der Waals surface area contributed by atoms with Gasteiger partial charge in [-0.05, 0) is 35.8 Å². The first kappa shape index (κ1) is 18.3. The van der Waals surface area contributed by atoms with Gasteiger partial charge in [-0.25, -0.2) is 0 Å². The number of carbonyl (C=O) groups is 1. The van der Waals surface area contributed by atoms with Gasteiger partial charge in [0.1, 0.15) is 5.75 Å². The summed E-state index contributed by atoms with van der Waals surface area (Å²) in [6, 6.07) is 21.8. The third-order valence-electron chi connectivity index (χ3n) is 4.13. The highest BCUT2D eigenvalue weighted by molar-refractivity contribution is 7.99. The van der Waals surface area contributed by atoms with Crippen molar-refractivity contribution in [3.05, 3.63) is 66.7 Å². The molecule has 0 radical (unpaired) electrons. The molecule has 26 heavy (non-hydrogen) atoms. The largest absolute Gasteiger partial charge is 0.480 e. The average molecular weight is 365 g/mol. The minimum absolute atomic E-state index is 0.121. The zero-order valence-corrected chi connectivity index (χ0v) is 15.9. The summed E-state index contributed by atoms with van der Waals surface area (Å²) in [7, 11) is 0. The van der Waals surface area contributed by atoms with E-state index in [1.807, 2.05) is 73.7 Å². The maximum absolute atomic E-state index is 12.8. The Bertz CT molecular complexity index is 889. The number of para-hydroxylation sites is 1. The minimum atomic E-state index is -0.541. The van der Waals surface area contributed by atoms with Gasteiger partial charge in [-0.2, -0.15) is 0 Å². The summed E-state index contributed by atoms with van der Waals surface area (Å²) in [6.07, 6.45) is 0.0542. The number of nitrogens with one attached hydrogen (secondary N) is 1. The maximum atomic E-state index is 12.8. The lowest BCUT2D eigenvalue weighted by Crippen LogP contribution is -2.32. The second-order valence-corrected chi connectivity index (χ2v) is 7.22. The van der Waals surface area contributed by atoms with Gasteiger partial charge in [0.05, 0.1) is 5.69 Å². The van der Waals surface area contributed by atoms with Crippen LogP contribution in [-0.4, -0.2) is 17.8 Å². The van der Waals surface area contributed by atoms with Gasteiger partial charge in [0.25, 0.3) is 5.91 Å². The SMILES string of the molecule is CCSc1ccccc1NC(=O)[C@@H](CC)Oc1cccc2ccccc12. The van der Waals surface area contributed by atoms with Crippen molar-refractivity contribution in [3.63, 3.8) is 0 Å². The van der Waals surface area contributed by atoms with Crippen molar-refractivity contribution in [2.24, 2.45) is 0 Å². The molecule has 0 aliphatic rings. The highest BCUT2D eigenvalue weighted by atomic mass is 32.2. The van der Waals surface area contributed by atoms with E-state index in [-0.39, 0.29) is 5.91 Å². The Hall–Kier alpha value is -2.46. The lowest BCUT2D eigenvalue weighted by atomic mass is 10.1. The minimum Gasteiger partial charge on any atom is -0.480 e. The predicted octanol–water partition coefficient (Wildman–Crippen LogP) is 5.75. The van der Waals surface area contributed by atoms with E-state index in [2.05, 4.69) is 12.2 Å². The average Bonchev–Trinajstić information content (AvgIpc) is 2.67. The fraction of sp³-hybridized carbons (Fsp3) is 0.227. The topological polar surface area (TPSA) is 38.3 Å². The number of ether oxygens (including phenoxy) is 1. The highest BCUT2D eigenvalue weighted by Gasteiger charge is 2.20. The number of rotatable bonds is 7. The number of amides is 1. The van der Waals surface area contributed by atoms with E-state index in [9.17, 15) is 4.79 Å². The van der Waals surface area contributed by atoms with Gasteiger partial charge in [0, 0.05) is 10.3 Å². The number of benzene rings is 3. The molecule has 0 aromatic heterocycles. The molecule has 3 aromatic rings. The van der Waals surface area contributed by atoms with E-state index in [4.69, 9.17) is 4.74 Å². The number of fused-ring (bicyclic) bond motifs is 1. The first-order chi connectivity index (χ1) is 12.7. The van der Waals surface area contributed by atoms with Crippen LogP contribution >= 0.6 is 11.8 Å². The maximum Gasteiger partial charge on any atom is 0.265 e. The molecule has 3 rings (SSSR count). The quantitative estimate of drug-likeness (QED) is 0.542. The van der Waals surface area contributed by atoms with E-state index in [0.29, 0.717) is 6.42 Å². The number of hydrogen-bond acceptors (Lipinski definition) is 3. The van der Waals surface area contributed by atoms with Crippen LogP contribution in [0.2, 0.25) is 0 Å². The van der Waals surface area contributed by atoms with Crippen LogP contribution in [0, 0.1) is 0 Å². The predicted molar refractivity (Wildman–Crippen MR) is 110 cm³/mol. The number of carbonyl (C=O) groups excluding carboxylic acids is 1. The van der Waals surface area contributed by atoms with Crippen LogP contribution in [0.25, 0.3) is 10.8 Å². The summed E-state index contributed by atoms with van der Waals surface area (Å²) >= 11 is 1.71. The molecule has 0 fully saturated rings. The van der Waals surface area contributed by atoms with Crippen LogP contribution in [-0.2, 0) is 4.79 Å². The van der Waals surface area contributed by atoms with Crippen LogP contribution < -0.4 is 10.1 Å². The normalized spacial score (nSPS) is 11.9. The summed E-state index contributed by atoms with van der Waals surface area (Å²) in [5.74, 6) is 1.57. The first-order valence-electron chi connectivity index (χ1n) is 8.90. The molecule has 3 nitrogen and oxygen atoms in total. The smallest absolute Gasteiger partial charge is 0.265 e. The molecular weight excluding hydrogens is 342 g/mol. The monoisotopic (exact) mass is 365 g/mol. The van der Waals surface area contributed by atoms with E-state index in [1.165, 1.54) is 0 Å². The second-order valence-electron chi connectivity index (χ2n) is 5.91. The van der Waals surface area contributed by atoms with Crippen molar-refractivity contribution < 1.29 is 9.53 Å². The fourth-order valence-electron chi connectivity index (χ4n) is 2.84. The zero-order chi connectivity index (χ0) is 18.4. The second kappa shape index (κ2) is 8.77. The van der Waals surface area contributed by atoms with Crippen LogP contribution in [0.5, 0.6) is 5.75 Å². The van der Waals surface area contributed by atoms with Crippen LogP contribution in [0.4, 0.5) is 5.69 Å². The lowest BCUT2D eigenvalue weighted by molar-refractivity contribution is -0.122. The Labute approximate surface area is 158 Å². The molecule has 1 amide bonds. The van der Waals surface area contributed by atoms with Crippen molar-refractivity contribution >= 4 is 34.1 Å². The highest BCUT2D eigenvalue weighted by Crippen LogP contribution is 2.29. The molecule has 0 aliphatic heterocycles. The van der Waals surface area contributed by atoms with Gasteiger partial charge in [-0.15, -0.1) is 11.8 Å². The fourth-order valence-corrected chi connectivity index (χ4v) is 3.60. The van der Waals surface area contributed by atoms with E-state index < -0.39 is 6.10 Å². The van der Waals surface area contributed by atoms with Crippen molar-refractivity contribution in [1.82, 2.24) is 0 Å². The molecule has 0 bridgehead atoms. The molecule has 0 unspecified atom stereocenters. The van der Waals surface area contributed by atoms with Crippen LogP contribution in [0.1, 0.15) is 20.3 Å². The van der Waals surface area contributed by atoms with E-state index in [0.717, 1.165) is 32.9 Å². The summed E-state index contributed by atoms with van der Waals surface area (Å²) in [5.41, 5.74) is 0.837. The Morgan fingerprint density at radius 3 is 2.54 bits per heavy atom. The molecule has 3 aromatic carbocycles. The first-order valence-corrected chi connectivity index (χ1v) is 9.88. The van der Waals surface area contributed by atoms with Gasteiger partial charge >= 0.3 is 0 Å². The molecule has 0 spiro atoms. The zero-order valence-electron chi connectivity index (χ0n) is 15.1. The van der Waals surface area contributed by atoms with Crippen molar-refractivity contribution in [3.8, 4) is 5.75 Å². The summed E-state index contributed by atoms with van der Waals surface area (Å²) < 4.78 is 6.09. The standard InChI is InChI=1S/C22H23NO2S/c1-3-19(22(24)23-18-13-7-8-15-21(18)26-4-2)25-20-14-9-11-16-10-5-6-12-17(16)20/h5-15,19H,3-4H2,1-2H3,(H,23,24)/t19-/m1/s1. The summed E-state index contributed by atoms with van der Waals surface area (Å²) in [6.45, 7) is 4.06. The number of hydrogen-bond donors (Lipinski definition) is 1. The van der Waals surface area contributed by atoms with Crippen LogP contribution in [0.15, 0.2) is 71.6 Å². The molecule has 4 heteroatoms. The third kappa shape index (κ3) is 4.20. The molecule has 0 heterocycles. The Kier molecular flexibility index (Phi) is 6.18. The van der Waals surface area contributed by atoms with Crippen molar-refractivity contribution in [2.75, 3.05) is 11.1 Å². The Morgan fingerprint density at radius 1 is 1.00 bits per heavy atom. The number of thioether (sulfide) groups is 1. The van der Waals surface area contributed by atoms with Gasteiger partial charge in [0.2, 0.25) is 0 Å². The lowest BCUT2D eigenvalue weighted by Gasteiger charge is -2.19. The Morgan fingerprint density at radius 2 is 1.73 bits per heavy atom. The molecule has 0 saturated carbocycles. The van der Waals surface area contributed by atoms with Gasteiger partial charge in [-0.3, -0.25) is 4.79 Å². The molecule has 1 N–H and O–H groups in total. The van der Waals surface area contributed by atoms with Crippen LogP contribution in [0.3, 0.4) is 0 Å². The van der Waals surface area contributed by atoms with E-state index >= 15 is 0 Å². The van der Waals surface area contributed by atoms with Gasteiger partial charge in [0.15, 0.2) is 6.10 Å². The van der Waals surface area contributed by atoms with Gasteiger partial charge < -0.3 is 10.1 Å². The number of anilines is 1. The summed E-state index contributed by atoms with van der Waals surface area (Å²) in [5, 5.41) is 5.15. The Balaban J connectivity index is 1.79. The molecular formula is C22H23NO2S. The van der Waals surface area contributed by atoms with Crippen molar-refractivity contribution in [2.45, 2.75) is 31.3 Å². The molecule has 0 saturated heterocycles. The third-order valence-corrected chi connectivity index (χ3v) is 5.08. The summed E-state index contributed by atoms with van der Waals surface area (Å²) in [4.78, 5) is 13.9. The van der Waals surface area contributed by atoms with Gasteiger partial charge in [-0.1, -0.05) is 62.4 Å².